The van der Waals surface area contributed by atoms with Crippen molar-refractivity contribution >= 4 is 28.4 Å². The molecular formula is C20H19FN2O3. The van der Waals surface area contributed by atoms with E-state index in [1.165, 1.54) is 35.9 Å². The molecule has 0 saturated carbocycles. The lowest BCUT2D eigenvalue weighted by molar-refractivity contribution is 0.0941. The van der Waals surface area contributed by atoms with Crippen LogP contribution in [0.25, 0.3) is 10.9 Å². The van der Waals surface area contributed by atoms with E-state index in [2.05, 4.69) is 5.32 Å². The van der Waals surface area contributed by atoms with Crippen LogP contribution in [0.15, 0.2) is 48.7 Å². The third-order valence-electron chi connectivity index (χ3n) is 3.85. The van der Waals surface area contributed by atoms with Crippen molar-refractivity contribution in [3.8, 4) is 5.75 Å². The van der Waals surface area contributed by atoms with E-state index in [9.17, 15) is 14.0 Å². The summed E-state index contributed by atoms with van der Waals surface area (Å²) in [5.74, 6) is -0.640. The molecule has 26 heavy (non-hydrogen) atoms. The molecule has 6 heteroatoms. The first kappa shape index (κ1) is 17.7. The fourth-order valence-corrected chi connectivity index (χ4v) is 2.76. The summed E-state index contributed by atoms with van der Waals surface area (Å²) in [5.41, 5.74) is 1.20. The summed E-state index contributed by atoms with van der Waals surface area (Å²) >= 11 is 0. The van der Waals surface area contributed by atoms with Gasteiger partial charge in [0.1, 0.15) is 11.6 Å². The van der Waals surface area contributed by atoms with Gasteiger partial charge in [0.15, 0.2) is 0 Å². The summed E-state index contributed by atoms with van der Waals surface area (Å²) in [6.45, 7) is 5.17. The molecule has 0 aliphatic rings. The Balaban J connectivity index is 2.01. The summed E-state index contributed by atoms with van der Waals surface area (Å²) in [5, 5.41) is 3.16. The standard InChI is InChI=1S/C20H19FN2O3/c1-12(2)26-19-7-5-4-6-17(19)22-20(25)16-11-23(13(3)24)18-9-8-14(21)10-15(16)18/h4-12H,1-3H3,(H,22,25). The maximum Gasteiger partial charge on any atom is 0.257 e. The van der Waals surface area contributed by atoms with Gasteiger partial charge in [0.2, 0.25) is 5.91 Å². The van der Waals surface area contributed by atoms with Crippen LogP contribution in [0.3, 0.4) is 0 Å². The van der Waals surface area contributed by atoms with Gasteiger partial charge in [-0.05, 0) is 44.2 Å². The van der Waals surface area contributed by atoms with Crippen LogP contribution in [0.1, 0.15) is 35.9 Å². The maximum atomic E-state index is 13.7. The van der Waals surface area contributed by atoms with Crippen molar-refractivity contribution < 1.29 is 18.7 Å². The lowest BCUT2D eigenvalue weighted by Crippen LogP contribution is -2.14. The minimum absolute atomic E-state index is 0.0539. The lowest BCUT2D eigenvalue weighted by Gasteiger charge is -2.14. The minimum Gasteiger partial charge on any atom is -0.489 e. The number of aromatic nitrogens is 1. The molecule has 134 valence electrons. The third kappa shape index (κ3) is 3.44. The molecule has 3 aromatic rings. The van der Waals surface area contributed by atoms with Crippen molar-refractivity contribution in [2.45, 2.75) is 26.9 Å². The first-order valence-electron chi connectivity index (χ1n) is 8.25. The summed E-state index contributed by atoms with van der Waals surface area (Å²) < 4.78 is 20.7. The molecular weight excluding hydrogens is 335 g/mol. The Morgan fingerprint density at radius 1 is 1.15 bits per heavy atom. The van der Waals surface area contributed by atoms with Crippen molar-refractivity contribution in [3.05, 3.63) is 60.0 Å². The number of benzene rings is 2. The second-order valence-electron chi connectivity index (χ2n) is 6.21. The number of nitrogens with zero attached hydrogens (tertiary/aromatic N) is 1. The number of anilines is 1. The van der Waals surface area contributed by atoms with Crippen molar-refractivity contribution in [1.29, 1.82) is 0 Å². The Morgan fingerprint density at radius 3 is 2.58 bits per heavy atom. The number of rotatable bonds is 4. The molecule has 1 heterocycles. The molecule has 0 aliphatic heterocycles. The fourth-order valence-electron chi connectivity index (χ4n) is 2.76. The zero-order valence-corrected chi connectivity index (χ0v) is 14.7. The molecule has 5 nitrogen and oxygen atoms in total. The molecule has 2 aromatic carbocycles. The van der Waals surface area contributed by atoms with E-state index in [0.717, 1.165) is 0 Å². The van der Waals surface area contributed by atoms with Crippen molar-refractivity contribution in [2.24, 2.45) is 0 Å². The van der Waals surface area contributed by atoms with Gasteiger partial charge in [-0.2, -0.15) is 0 Å². The van der Waals surface area contributed by atoms with E-state index < -0.39 is 11.7 Å². The number of nitrogens with one attached hydrogen (secondary N) is 1. The Morgan fingerprint density at radius 2 is 1.88 bits per heavy atom. The summed E-state index contributed by atoms with van der Waals surface area (Å²) in [7, 11) is 0. The lowest BCUT2D eigenvalue weighted by atomic mass is 10.1. The highest BCUT2D eigenvalue weighted by Crippen LogP contribution is 2.28. The molecule has 1 N–H and O–H groups in total. The number of hydrogen-bond acceptors (Lipinski definition) is 3. The second-order valence-corrected chi connectivity index (χ2v) is 6.21. The Kier molecular flexibility index (Phi) is 4.75. The van der Waals surface area contributed by atoms with Gasteiger partial charge in [-0.25, -0.2) is 4.39 Å². The number of ether oxygens (including phenoxy) is 1. The largest absolute Gasteiger partial charge is 0.489 e. The number of hydrogen-bond donors (Lipinski definition) is 1. The average molecular weight is 354 g/mol. The van der Waals surface area contributed by atoms with Gasteiger partial charge in [-0.3, -0.25) is 14.2 Å². The molecule has 1 amide bonds. The molecule has 0 radical (unpaired) electrons. The first-order valence-corrected chi connectivity index (χ1v) is 8.25. The molecule has 0 aliphatic carbocycles. The summed E-state index contributed by atoms with van der Waals surface area (Å²) in [6, 6.07) is 11.1. The Hall–Kier alpha value is -3.15. The number of carbonyl (C=O) groups excluding carboxylic acids is 2. The van der Waals surface area contributed by atoms with Gasteiger partial charge in [-0.1, -0.05) is 12.1 Å². The van der Waals surface area contributed by atoms with E-state index >= 15 is 0 Å². The number of para-hydroxylation sites is 2. The normalized spacial score (nSPS) is 11.0. The van der Waals surface area contributed by atoms with Gasteiger partial charge >= 0.3 is 0 Å². The average Bonchev–Trinajstić information content (AvgIpc) is 2.95. The fraction of sp³-hybridized carbons (Fsp3) is 0.200. The quantitative estimate of drug-likeness (QED) is 0.751. The van der Waals surface area contributed by atoms with Gasteiger partial charge in [0, 0.05) is 18.5 Å². The Labute approximate surface area is 150 Å². The predicted octanol–water partition coefficient (Wildman–Crippen LogP) is 4.48. The van der Waals surface area contributed by atoms with E-state index in [1.807, 2.05) is 19.9 Å². The zero-order valence-electron chi connectivity index (χ0n) is 14.7. The first-order chi connectivity index (χ1) is 12.4. The summed E-state index contributed by atoms with van der Waals surface area (Å²) in [4.78, 5) is 24.6. The number of carbonyl (C=O) groups is 2. The van der Waals surface area contributed by atoms with E-state index in [0.29, 0.717) is 22.3 Å². The van der Waals surface area contributed by atoms with Crippen molar-refractivity contribution in [1.82, 2.24) is 4.57 Å². The topological polar surface area (TPSA) is 60.3 Å². The van der Waals surface area contributed by atoms with Gasteiger partial charge in [0.25, 0.3) is 5.91 Å². The molecule has 0 unspecified atom stereocenters. The van der Waals surface area contributed by atoms with Crippen LogP contribution in [0, 0.1) is 5.82 Å². The van der Waals surface area contributed by atoms with E-state index in [4.69, 9.17) is 4.74 Å². The van der Waals surface area contributed by atoms with Crippen LogP contribution in [-0.4, -0.2) is 22.5 Å². The maximum absolute atomic E-state index is 13.7. The van der Waals surface area contributed by atoms with E-state index in [1.54, 1.807) is 18.2 Å². The smallest absolute Gasteiger partial charge is 0.257 e. The van der Waals surface area contributed by atoms with Crippen LogP contribution in [0.4, 0.5) is 10.1 Å². The second kappa shape index (κ2) is 7.00. The van der Waals surface area contributed by atoms with Gasteiger partial charge < -0.3 is 10.1 Å². The van der Waals surface area contributed by atoms with Crippen molar-refractivity contribution in [2.75, 3.05) is 5.32 Å². The third-order valence-corrected chi connectivity index (χ3v) is 3.85. The summed E-state index contributed by atoms with van der Waals surface area (Å²) in [6.07, 6.45) is 1.37. The molecule has 0 saturated heterocycles. The number of fused-ring (bicyclic) bond motifs is 1. The van der Waals surface area contributed by atoms with Crippen LogP contribution in [0.5, 0.6) is 5.75 Å². The molecule has 0 atom stereocenters. The molecule has 3 rings (SSSR count). The van der Waals surface area contributed by atoms with Gasteiger partial charge in [0.05, 0.1) is 22.9 Å². The van der Waals surface area contributed by atoms with Crippen LogP contribution >= 0.6 is 0 Å². The highest BCUT2D eigenvalue weighted by molar-refractivity contribution is 6.14. The van der Waals surface area contributed by atoms with Crippen LogP contribution < -0.4 is 10.1 Å². The number of amides is 1. The minimum atomic E-state index is -0.476. The molecule has 0 fully saturated rings. The van der Waals surface area contributed by atoms with Crippen LogP contribution in [-0.2, 0) is 0 Å². The highest BCUT2D eigenvalue weighted by atomic mass is 19.1. The monoisotopic (exact) mass is 354 g/mol. The molecule has 0 bridgehead atoms. The highest BCUT2D eigenvalue weighted by Gasteiger charge is 2.19. The van der Waals surface area contributed by atoms with Crippen molar-refractivity contribution in [3.63, 3.8) is 0 Å². The SMILES string of the molecule is CC(=O)n1cc(C(=O)Nc2ccccc2OC(C)C)c2cc(F)ccc21. The van der Waals surface area contributed by atoms with E-state index in [-0.39, 0.29) is 17.6 Å². The Bertz CT molecular complexity index is 992. The molecule has 1 aromatic heterocycles. The number of halogens is 1. The molecule has 0 spiro atoms. The zero-order chi connectivity index (χ0) is 18.8. The van der Waals surface area contributed by atoms with Crippen LogP contribution in [0.2, 0.25) is 0 Å². The predicted molar refractivity (Wildman–Crippen MR) is 98.4 cm³/mol. The van der Waals surface area contributed by atoms with Gasteiger partial charge in [-0.15, -0.1) is 0 Å².